The number of benzene rings is 1. The van der Waals surface area contributed by atoms with Crippen molar-refractivity contribution in [2.24, 2.45) is 0 Å². The first-order chi connectivity index (χ1) is 9.44. The molecule has 0 aliphatic carbocycles. The Morgan fingerprint density at radius 2 is 2.25 bits per heavy atom. The minimum absolute atomic E-state index is 0.257. The molecule has 0 radical (unpaired) electrons. The number of anilines is 2. The van der Waals surface area contributed by atoms with E-state index < -0.39 is 11.4 Å². The summed E-state index contributed by atoms with van der Waals surface area (Å²) in [4.78, 5) is 4.19. The SMILES string of the molecule is CCCC(C)(O)CNc1c(F)cc(N)c2cccnc12. The Morgan fingerprint density at radius 1 is 1.50 bits per heavy atom. The van der Waals surface area contributed by atoms with E-state index in [9.17, 15) is 9.50 Å². The predicted octanol–water partition coefficient (Wildman–Crippen LogP) is 2.92. The molecule has 0 saturated carbocycles. The van der Waals surface area contributed by atoms with Crippen LogP contribution < -0.4 is 11.1 Å². The van der Waals surface area contributed by atoms with Crippen molar-refractivity contribution in [3.63, 3.8) is 0 Å². The molecule has 0 aliphatic rings. The fourth-order valence-electron chi connectivity index (χ4n) is 2.31. The fraction of sp³-hybridized carbons (Fsp3) is 0.400. The van der Waals surface area contributed by atoms with E-state index >= 15 is 0 Å². The van der Waals surface area contributed by atoms with E-state index in [1.54, 1.807) is 25.3 Å². The van der Waals surface area contributed by atoms with E-state index in [1.165, 1.54) is 6.07 Å². The van der Waals surface area contributed by atoms with Crippen molar-refractivity contribution >= 4 is 22.3 Å². The second kappa shape index (κ2) is 5.63. The van der Waals surface area contributed by atoms with Crippen molar-refractivity contribution < 1.29 is 9.50 Å². The molecular formula is C15H20FN3O. The molecule has 0 fully saturated rings. The summed E-state index contributed by atoms with van der Waals surface area (Å²) >= 11 is 0. The first-order valence-corrected chi connectivity index (χ1v) is 6.73. The quantitative estimate of drug-likeness (QED) is 0.735. The first-order valence-electron chi connectivity index (χ1n) is 6.73. The molecule has 4 N–H and O–H groups in total. The molecule has 20 heavy (non-hydrogen) atoms. The van der Waals surface area contributed by atoms with Crippen LogP contribution >= 0.6 is 0 Å². The number of hydrogen-bond acceptors (Lipinski definition) is 4. The maximum absolute atomic E-state index is 14.1. The van der Waals surface area contributed by atoms with Crippen LogP contribution in [-0.4, -0.2) is 22.2 Å². The van der Waals surface area contributed by atoms with Gasteiger partial charge in [0.15, 0.2) is 5.82 Å². The third-order valence-corrected chi connectivity index (χ3v) is 3.31. The van der Waals surface area contributed by atoms with Crippen LogP contribution in [0, 0.1) is 5.82 Å². The van der Waals surface area contributed by atoms with Gasteiger partial charge in [-0.2, -0.15) is 0 Å². The number of aromatic nitrogens is 1. The number of nitrogens with two attached hydrogens (primary N) is 1. The van der Waals surface area contributed by atoms with E-state index in [0.29, 0.717) is 23.0 Å². The topological polar surface area (TPSA) is 71.2 Å². The van der Waals surface area contributed by atoms with Gasteiger partial charge in [-0.1, -0.05) is 13.3 Å². The Kier molecular flexibility index (Phi) is 4.09. The van der Waals surface area contributed by atoms with Crippen LogP contribution in [0.15, 0.2) is 24.4 Å². The second-order valence-electron chi connectivity index (χ2n) is 5.32. The number of hydrogen-bond donors (Lipinski definition) is 3. The lowest BCUT2D eigenvalue weighted by molar-refractivity contribution is 0.0636. The number of nitrogen functional groups attached to an aromatic ring is 1. The van der Waals surface area contributed by atoms with Crippen LogP contribution in [0.1, 0.15) is 26.7 Å². The summed E-state index contributed by atoms with van der Waals surface area (Å²) in [7, 11) is 0. The summed E-state index contributed by atoms with van der Waals surface area (Å²) < 4.78 is 14.1. The van der Waals surface area contributed by atoms with Gasteiger partial charge in [0.25, 0.3) is 0 Å². The summed E-state index contributed by atoms with van der Waals surface area (Å²) in [5.41, 5.74) is 6.04. The Hall–Kier alpha value is -1.88. The lowest BCUT2D eigenvalue weighted by atomic mass is 10.0. The van der Waals surface area contributed by atoms with Gasteiger partial charge < -0.3 is 16.2 Å². The Labute approximate surface area is 117 Å². The van der Waals surface area contributed by atoms with Crippen molar-refractivity contribution in [3.8, 4) is 0 Å². The fourth-order valence-corrected chi connectivity index (χ4v) is 2.31. The molecule has 5 heteroatoms. The highest BCUT2D eigenvalue weighted by atomic mass is 19.1. The van der Waals surface area contributed by atoms with Gasteiger partial charge in [-0.25, -0.2) is 4.39 Å². The minimum Gasteiger partial charge on any atom is -0.398 e. The van der Waals surface area contributed by atoms with Gasteiger partial charge in [0, 0.05) is 23.8 Å². The number of nitrogens with zero attached hydrogens (tertiary/aromatic N) is 1. The monoisotopic (exact) mass is 277 g/mol. The van der Waals surface area contributed by atoms with E-state index in [0.717, 1.165) is 6.42 Å². The average molecular weight is 277 g/mol. The summed E-state index contributed by atoms with van der Waals surface area (Å²) in [5.74, 6) is -0.457. The van der Waals surface area contributed by atoms with Gasteiger partial charge in [-0.15, -0.1) is 0 Å². The van der Waals surface area contributed by atoms with Crippen molar-refractivity contribution in [3.05, 3.63) is 30.2 Å². The smallest absolute Gasteiger partial charge is 0.150 e. The third kappa shape index (κ3) is 2.99. The molecule has 1 aromatic carbocycles. The largest absolute Gasteiger partial charge is 0.398 e. The molecule has 1 atom stereocenters. The first kappa shape index (κ1) is 14.5. The number of halogens is 1. The zero-order valence-corrected chi connectivity index (χ0v) is 11.8. The molecular weight excluding hydrogens is 257 g/mol. The maximum atomic E-state index is 14.1. The number of rotatable bonds is 5. The summed E-state index contributed by atoms with van der Waals surface area (Å²) in [6.07, 6.45) is 3.09. The number of aliphatic hydroxyl groups is 1. The molecule has 1 aromatic heterocycles. The van der Waals surface area contributed by atoms with Crippen LogP contribution in [0.5, 0.6) is 0 Å². The molecule has 108 valence electrons. The molecule has 2 rings (SSSR count). The zero-order valence-electron chi connectivity index (χ0n) is 11.8. The highest BCUT2D eigenvalue weighted by Gasteiger charge is 2.20. The van der Waals surface area contributed by atoms with Gasteiger partial charge in [0.2, 0.25) is 0 Å². The summed E-state index contributed by atoms with van der Waals surface area (Å²) in [5, 5.41) is 13.8. The van der Waals surface area contributed by atoms with E-state index in [2.05, 4.69) is 10.3 Å². The molecule has 0 spiro atoms. The number of fused-ring (bicyclic) bond motifs is 1. The zero-order chi connectivity index (χ0) is 14.8. The van der Waals surface area contributed by atoms with E-state index in [4.69, 9.17) is 5.73 Å². The van der Waals surface area contributed by atoms with Crippen LogP contribution in [0.2, 0.25) is 0 Å². The van der Waals surface area contributed by atoms with Crippen LogP contribution in [0.25, 0.3) is 10.9 Å². The van der Waals surface area contributed by atoms with Gasteiger partial charge >= 0.3 is 0 Å². The molecule has 1 unspecified atom stereocenters. The Morgan fingerprint density at radius 3 is 2.95 bits per heavy atom. The van der Waals surface area contributed by atoms with Gasteiger partial charge in [0.05, 0.1) is 16.8 Å². The average Bonchev–Trinajstić information content (AvgIpc) is 2.38. The van der Waals surface area contributed by atoms with Crippen molar-refractivity contribution in [2.45, 2.75) is 32.3 Å². The van der Waals surface area contributed by atoms with Crippen LogP contribution in [0.4, 0.5) is 15.8 Å². The van der Waals surface area contributed by atoms with Gasteiger partial charge in [-0.3, -0.25) is 4.98 Å². The van der Waals surface area contributed by atoms with E-state index in [-0.39, 0.29) is 12.2 Å². The maximum Gasteiger partial charge on any atom is 0.150 e. The van der Waals surface area contributed by atoms with Gasteiger partial charge in [0.1, 0.15) is 0 Å². The molecule has 1 heterocycles. The standard InChI is InChI=1S/C15H20FN3O/c1-3-6-15(2,20)9-19-14-11(16)8-12(17)10-5-4-7-18-13(10)14/h4-5,7-8,19-20H,3,6,9,17H2,1-2H3. The van der Waals surface area contributed by atoms with Crippen LogP contribution in [-0.2, 0) is 0 Å². The Bertz CT molecular complexity index is 613. The lowest BCUT2D eigenvalue weighted by Crippen LogP contribution is -2.33. The van der Waals surface area contributed by atoms with E-state index in [1.807, 2.05) is 6.92 Å². The number of pyridine rings is 1. The predicted molar refractivity (Wildman–Crippen MR) is 80.1 cm³/mol. The molecule has 0 bridgehead atoms. The van der Waals surface area contributed by atoms with Crippen molar-refractivity contribution in [1.82, 2.24) is 4.98 Å². The minimum atomic E-state index is -0.885. The number of nitrogens with one attached hydrogen (secondary N) is 1. The molecule has 4 nitrogen and oxygen atoms in total. The molecule has 0 amide bonds. The molecule has 0 saturated heterocycles. The normalized spacial score (nSPS) is 14.2. The molecule has 2 aromatic rings. The second-order valence-corrected chi connectivity index (χ2v) is 5.32. The van der Waals surface area contributed by atoms with Crippen LogP contribution in [0.3, 0.4) is 0 Å². The third-order valence-electron chi connectivity index (χ3n) is 3.31. The summed E-state index contributed by atoms with van der Waals surface area (Å²) in [6, 6.07) is 4.83. The summed E-state index contributed by atoms with van der Waals surface area (Å²) in [6.45, 7) is 3.98. The van der Waals surface area contributed by atoms with Crippen molar-refractivity contribution in [1.29, 1.82) is 0 Å². The molecule has 0 aliphatic heterocycles. The highest BCUT2D eigenvalue weighted by Crippen LogP contribution is 2.30. The van der Waals surface area contributed by atoms with Gasteiger partial charge in [-0.05, 0) is 31.5 Å². The van der Waals surface area contributed by atoms with Crippen molar-refractivity contribution in [2.75, 3.05) is 17.6 Å². The lowest BCUT2D eigenvalue weighted by Gasteiger charge is -2.24. The highest BCUT2D eigenvalue weighted by molar-refractivity contribution is 5.98. The Balaban J connectivity index is 2.35.